The second-order valence-electron chi connectivity index (χ2n) is 11.6. The normalized spacial score (nSPS) is 14.5. The van der Waals surface area contributed by atoms with E-state index in [4.69, 9.17) is 10.5 Å². The molecule has 9 nitrogen and oxygen atoms in total. The molecule has 1 saturated heterocycles. The zero-order valence-corrected chi connectivity index (χ0v) is 25.7. The molecule has 0 atom stereocenters. The van der Waals surface area contributed by atoms with Gasteiger partial charge in [-0.25, -0.2) is 4.98 Å². The van der Waals surface area contributed by atoms with Gasteiger partial charge in [0.25, 0.3) is 5.91 Å². The molecule has 3 aromatic carbocycles. The van der Waals surface area contributed by atoms with E-state index in [9.17, 15) is 18.0 Å². The summed E-state index contributed by atoms with van der Waals surface area (Å²) >= 11 is 0. The van der Waals surface area contributed by atoms with Gasteiger partial charge in [0, 0.05) is 74.5 Å². The summed E-state index contributed by atoms with van der Waals surface area (Å²) in [6.07, 6.45) is -2.75. The van der Waals surface area contributed by atoms with Crippen molar-refractivity contribution in [1.29, 1.82) is 0 Å². The van der Waals surface area contributed by atoms with Crippen LogP contribution in [0.25, 0.3) is 22.4 Å². The highest BCUT2D eigenvalue weighted by atomic mass is 19.4. The topological polar surface area (TPSA) is 102 Å². The van der Waals surface area contributed by atoms with Gasteiger partial charge in [-0.1, -0.05) is 12.1 Å². The summed E-state index contributed by atoms with van der Waals surface area (Å²) in [6.45, 7) is 4.91. The Bertz CT molecular complexity index is 1900. The monoisotopic (exact) mass is 629 g/mol. The first-order valence-corrected chi connectivity index (χ1v) is 14.8. The van der Waals surface area contributed by atoms with Crippen LogP contribution in [0, 0.1) is 6.92 Å². The summed E-state index contributed by atoms with van der Waals surface area (Å²) < 4.78 is 50.5. The molecule has 1 amide bonds. The molecule has 238 valence electrons. The minimum Gasteiger partial charge on any atom is -0.437 e. The molecule has 0 spiro atoms. The number of hydrogen-bond donors (Lipinski definition) is 2. The highest BCUT2D eigenvalue weighted by Gasteiger charge is 2.34. The molecule has 0 radical (unpaired) electrons. The summed E-state index contributed by atoms with van der Waals surface area (Å²) in [7, 11) is 3.85. The van der Waals surface area contributed by atoms with Gasteiger partial charge in [0.05, 0.1) is 11.1 Å². The van der Waals surface area contributed by atoms with Gasteiger partial charge in [0.15, 0.2) is 5.82 Å². The molecule has 2 aromatic heterocycles. The van der Waals surface area contributed by atoms with Crippen molar-refractivity contribution in [2.24, 2.45) is 7.05 Å². The zero-order valence-electron chi connectivity index (χ0n) is 25.7. The Morgan fingerprint density at radius 2 is 1.70 bits per heavy atom. The lowest BCUT2D eigenvalue weighted by molar-refractivity contribution is -0.138. The van der Waals surface area contributed by atoms with Crippen molar-refractivity contribution in [2.75, 3.05) is 44.3 Å². The predicted molar refractivity (Wildman–Crippen MR) is 172 cm³/mol. The van der Waals surface area contributed by atoms with E-state index in [1.165, 1.54) is 12.1 Å². The van der Waals surface area contributed by atoms with Crippen LogP contribution in [0.1, 0.15) is 27.0 Å². The molecule has 6 rings (SSSR count). The largest absolute Gasteiger partial charge is 0.437 e. The van der Waals surface area contributed by atoms with Crippen LogP contribution in [0.5, 0.6) is 11.6 Å². The van der Waals surface area contributed by atoms with Crippen LogP contribution in [0.2, 0.25) is 0 Å². The standard InChI is InChI=1S/C34H34F3N7O2/c1-21-4-11-26(46-33-30-28(12-13-43(30)3)39-31(41-33)22-7-9-25(38)10-8-22)19-29(21)40-32(45)23-5-6-24(27(18-23)34(35,36)37)20-44-16-14-42(2)15-17-44/h4-13,18-19H,14-17,20,38H2,1-3H3,(H,40,45). The molecular formula is C34H34F3N7O2. The summed E-state index contributed by atoms with van der Waals surface area (Å²) in [6, 6.07) is 17.9. The van der Waals surface area contributed by atoms with E-state index in [0.29, 0.717) is 58.5 Å². The molecule has 0 aliphatic carbocycles. The van der Waals surface area contributed by atoms with Crippen LogP contribution in [0.3, 0.4) is 0 Å². The number of alkyl halides is 3. The van der Waals surface area contributed by atoms with E-state index in [1.54, 1.807) is 37.3 Å². The van der Waals surface area contributed by atoms with Gasteiger partial charge >= 0.3 is 6.18 Å². The average molecular weight is 630 g/mol. The Morgan fingerprint density at radius 1 is 0.957 bits per heavy atom. The number of nitrogens with one attached hydrogen (secondary N) is 1. The minimum atomic E-state index is -4.60. The van der Waals surface area contributed by atoms with Crippen molar-refractivity contribution in [3.63, 3.8) is 0 Å². The number of anilines is 2. The first-order chi connectivity index (χ1) is 21.9. The number of carbonyl (C=O) groups excluding carboxylic acids is 1. The Hall–Kier alpha value is -4.94. The van der Waals surface area contributed by atoms with Crippen molar-refractivity contribution >= 4 is 28.3 Å². The van der Waals surface area contributed by atoms with Gasteiger partial charge in [-0.05, 0) is 73.6 Å². The van der Waals surface area contributed by atoms with E-state index < -0.39 is 17.6 Å². The number of hydrogen-bond acceptors (Lipinski definition) is 7. The lowest BCUT2D eigenvalue weighted by Gasteiger charge is -2.33. The molecule has 3 N–H and O–H groups in total. The molecule has 46 heavy (non-hydrogen) atoms. The Morgan fingerprint density at radius 3 is 2.41 bits per heavy atom. The molecule has 0 bridgehead atoms. The molecule has 1 aliphatic heterocycles. The number of fused-ring (bicyclic) bond motifs is 1. The fourth-order valence-electron chi connectivity index (χ4n) is 5.46. The van der Waals surface area contributed by atoms with Crippen LogP contribution in [0.4, 0.5) is 24.5 Å². The molecule has 5 aromatic rings. The quantitative estimate of drug-likeness (QED) is 0.203. The number of nitrogens with two attached hydrogens (primary N) is 1. The van der Waals surface area contributed by atoms with Crippen LogP contribution in [0.15, 0.2) is 72.9 Å². The third kappa shape index (κ3) is 6.68. The number of halogens is 3. The lowest BCUT2D eigenvalue weighted by atomic mass is 10.0. The van der Waals surface area contributed by atoms with E-state index in [-0.39, 0.29) is 17.7 Å². The maximum Gasteiger partial charge on any atom is 0.416 e. The average Bonchev–Trinajstić information content (AvgIpc) is 3.40. The fourth-order valence-corrected chi connectivity index (χ4v) is 5.46. The molecule has 12 heteroatoms. The van der Waals surface area contributed by atoms with Crippen molar-refractivity contribution in [1.82, 2.24) is 24.3 Å². The molecule has 1 fully saturated rings. The van der Waals surface area contributed by atoms with E-state index in [2.05, 4.69) is 20.2 Å². The molecular weight excluding hydrogens is 595 g/mol. The number of piperazine rings is 1. The third-order valence-corrected chi connectivity index (χ3v) is 8.20. The summed E-state index contributed by atoms with van der Waals surface area (Å²) in [4.78, 5) is 26.8. The van der Waals surface area contributed by atoms with Crippen LogP contribution in [-0.2, 0) is 19.8 Å². The molecule has 0 saturated carbocycles. The zero-order chi connectivity index (χ0) is 32.6. The number of aryl methyl sites for hydroxylation is 2. The molecule has 3 heterocycles. The SMILES string of the molecule is Cc1ccc(Oc2nc(-c3ccc(N)cc3)nc3ccn(C)c23)cc1NC(=O)c1ccc(CN2CCN(C)CC2)c(C(F)(F)F)c1. The Labute approximate surface area is 264 Å². The maximum absolute atomic E-state index is 14.1. The summed E-state index contributed by atoms with van der Waals surface area (Å²) in [5.74, 6) is 0.473. The van der Waals surface area contributed by atoms with Crippen LogP contribution in [-0.4, -0.2) is 63.5 Å². The van der Waals surface area contributed by atoms with Crippen molar-refractivity contribution in [2.45, 2.75) is 19.6 Å². The first kappa shape index (κ1) is 31.1. The van der Waals surface area contributed by atoms with E-state index in [1.807, 2.05) is 48.0 Å². The number of rotatable bonds is 7. The van der Waals surface area contributed by atoms with Gasteiger partial charge in [-0.3, -0.25) is 9.69 Å². The van der Waals surface area contributed by atoms with Gasteiger partial charge in [0.2, 0.25) is 5.88 Å². The van der Waals surface area contributed by atoms with Gasteiger partial charge in [0.1, 0.15) is 11.3 Å². The second kappa shape index (κ2) is 12.5. The third-order valence-electron chi connectivity index (χ3n) is 8.20. The van der Waals surface area contributed by atoms with Gasteiger partial charge in [-0.15, -0.1) is 0 Å². The van der Waals surface area contributed by atoms with Gasteiger partial charge < -0.3 is 25.3 Å². The number of aromatic nitrogens is 3. The molecule has 0 unspecified atom stereocenters. The predicted octanol–water partition coefficient (Wildman–Crippen LogP) is 6.34. The smallest absolute Gasteiger partial charge is 0.416 e. The van der Waals surface area contributed by atoms with E-state index >= 15 is 0 Å². The highest BCUT2D eigenvalue weighted by Crippen LogP contribution is 2.35. The van der Waals surface area contributed by atoms with Crippen molar-refractivity contribution < 1.29 is 22.7 Å². The lowest BCUT2D eigenvalue weighted by Crippen LogP contribution is -2.44. The number of ether oxygens (including phenoxy) is 1. The van der Waals surface area contributed by atoms with Gasteiger partial charge in [-0.2, -0.15) is 18.2 Å². The number of nitrogens with zero attached hydrogens (tertiary/aromatic N) is 5. The second-order valence-corrected chi connectivity index (χ2v) is 11.6. The van der Waals surface area contributed by atoms with Crippen LogP contribution >= 0.6 is 0 Å². The van der Waals surface area contributed by atoms with Crippen molar-refractivity contribution in [3.8, 4) is 23.0 Å². The summed E-state index contributed by atoms with van der Waals surface area (Å²) in [5.41, 5.74) is 8.93. The maximum atomic E-state index is 14.1. The Balaban J connectivity index is 1.25. The van der Waals surface area contributed by atoms with Crippen molar-refractivity contribution in [3.05, 3.63) is 95.2 Å². The number of amides is 1. The Kier molecular flexibility index (Phi) is 8.41. The van der Waals surface area contributed by atoms with Crippen LogP contribution < -0.4 is 15.8 Å². The minimum absolute atomic E-state index is 0.0883. The fraction of sp³-hybridized carbons (Fsp3) is 0.265. The number of carbonyl (C=O) groups is 1. The number of nitrogen functional groups attached to an aromatic ring is 1. The number of benzene rings is 3. The number of likely N-dealkylation sites (N-methyl/N-ethyl adjacent to an activating group) is 1. The molecule has 1 aliphatic rings. The first-order valence-electron chi connectivity index (χ1n) is 14.8. The van der Waals surface area contributed by atoms with E-state index in [0.717, 1.165) is 24.7 Å². The summed E-state index contributed by atoms with van der Waals surface area (Å²) in [5, 5.41) is 2.77. The highest BCUT2D eigenvalue weighted by molar-refractivity contribution is 6.05.